The second-order valence-electron chi connectivity index (χ2n) is 4.18. The summed E-state index contributed by atoms with van der Waals surface area (Å²) in [7, 11) is 3.58. The first-order valence-electron chi connectivity index (χ1n) is 5.51. The number of imidazole rings is 1. The largest absolute Gasteiger partial charge is 0.330 e. The minimum absolute atomic E-state index is 0.0691. The van der Waals surface area contributed by atoms with Crippen LogP contribution in [-0.2, 0) is 7.05 Å². The molecule has 0 aliphatic rings. The van der Waals surface area contributed by atoms with Crippen molar-refractivity contribution in [3.8, 4) is 0 Å². The number of benzene rings is 1. The van der Waals surface area contributed by atoms with Gasteiger partial charge in [0.05, 0.1) is 12.5 Å². The number of amides is 1. The predicted octanol–water partition coefficient (Wildman–Crippen LogP) is 2.77. The van der Waals surface area contributed by atoms with E-state index in [1.165, 1.54) is 0 Å². The van der Waals surface area contributed by atoms with E-state index in [-0.39, 0.29) is 5.91 Å². The fourth-order valence-electron chi connectivity index (χ4n) is 1.84. The van der Waals surface area contributed by atoms with E-state index >= 15 is 0 Å². The first-order valence-corrected chi connectivity index (χ1v) is 6.30. The van der Waals surface area contributed by atoms with E-state index in [1.54, 1.807) is 29.0 Å². The van der Waals surface area contributed by atoms with Gasteiger partial charge in [-0.25, -0.2) is 4.98 Å². The minimum Gasteiger partial charge on any atom is -0.330 e. The number of aromatic nitrogens is 2. The maximum Gasteiger partial charge on any atom is 0.276 e. The Balaban J connectivity index is 2.34. The average molecular weight is 308 g/mol. The van der Waals surface area contributed by atoms with Crippen molar-refractivity contribution < 1.29 is 4.79 Å². The fourth-order valence-corrected chi connectivity index (χ4v) is 2.32. The van der Waals surface area contributed by atoms with Crippen molar-refractivity contribution in [3.63, 3.8) is 0 Å². The third kappa shape index (κ3) is 2.31. The van der Waals surface area contributed by atoms with Gasteiger partial charge in [0.1, 0.15) is 5.69 Å². The predicted molar refractivity (Wildman–Crippen MR) is 74.8 cm³/mol. The quantitative estimate of drug-likeness (QED) is 0.855. The number of nitrogens with zero attached hydrogens (tertiary/aromatic N) is 3. The summed E-state index contributed by atoms with van der Waals surface area (Å²) in [5, 5.41) is 0. The van der Waals surface area contributed by atoms with E-state index in [2.05, 4.69) is 20.9 Å². The summed E-state index contributed by atoms with van der Waals surface area (Å²) in [6.45, 7) is 1.98. The lowest BCUT2D eigenvalue weighted by atomic mass is 10.2. The van der Waals surface area contributed by atoms with Gasteiger partial charge in [0.2, 0.25) is 0 Å². The van der Waals surface area contributed by atoms with Gasteiger partial charge in [0, 0.05) is 24.3 Å². The van der Waals surface area contributed by atoms with Gasteiger partial charge in [0.15, 0.2) is 0 Å². The number of hydrogen-bond acceptors (Lipinski definition) is 2. The molecule has 0 bridgehead atoms. The first kappa shape index (κ1) is 12.8. The zero-order chi connectivity index (χ0) is 13.3. The van der Waals surface area contributed by atoms with Gasteiger partial charge in [-0.3, -0.25) is 4.79 Å². The molecular formula is C13H14BrN3O. The topological polar surface area (TPSA) is 38.1 Å². The van der Waals surface area contributed by atoms with E-state index in [9.17, 15) is 4.79 Å². The van der Waals surface area contributed by atoms with Crippen LogP contribution < -0.4 is 4.90 Å². The van der Waals surface area contributed by atoms with Crippen LogP contribution in [0.4, 0.5) is 5.69 Å². The van der Waals surface area contributed by atoms with Crippen LogP contribution in [0.25, 0.3) is 0 Å². The molecule has 2 rings (SSSR count). The molecule has 0 fully saturated rings. The molecule has 2 aromatic rings. The Bertz CT molecular complexity index is 592. The molecule has 1 heterocycles. The van der Waals surface area contributed by atoms with Crippen molar-refractivity contribution in [2.75, 3.05) is 11.9 Å². The van der Waals surface area contributed by atoms with Crippen LogP contribution in [-0.4, -0.2) is 22.5 Å². The Labute approximate surface area is 114 Å². The molecule has 4 nitrogen and oxygen atoms in total. The molecule has 0 aliphatic heterocycles. The van der Waals surface area contributed by atoms with Crippen molar-refractivity contribution in [1.82, 2.24) is 9.55 Å². The van der Waals surface area contributed by atoms with Gasteiger partial charge < -0.3 is 9.47 Å². The standard InChI is InChI=1S/C13H14BrN3O/c1-9-6-10(14)4-5-11(9)17(3)13(18)12-7-15-8-16(12)2/h4-8H,1-3H3. The second kappa shape index (κ2) is 4.94. The molecule has 0 saturated heterocycles. The highest BCUT2D eigenvalue weighted by atomic mass is 79.9. The lowest BCUT2D eigenvalue weighted by molar-refractivity contribution is 0.0985. The van der Waals surface area contributed by atoms with Crippen LogP contribution in [0.1, 0.15) is 16.1 Å². The number of halogens is 1. The summed E-state index contributed by atoms with van der Waals surface area (Å²) in [6.07, 6.45) is 3.20. The van der Waals surface area contributed by atoms with Crippen LogP contribution in [0.2, 0.25) is 0 Å². The molecule has 0 saturated carbocycles. The van der Waals surface area contributed by atoms with Crippen LogP contribution in [0, 0.1) is 6.92 Å². The van der Waals surface area contributed by atoms with E-state index in [0.29, 0.717) is 5.69 Å². The van der Waals surface area contributed by atoms with Crippen LogP contribution in [0.15, 0.2) is 35.2 Å². The van der Waals surface area contributed by atoms with E-state index in [1.807, 2.05) is 32.2 Å². The van der Waals surface area contributed by atoms with Crippen molar-refractivity contribution >= 4 is 27.5 Å². The summed E-state index contributed by atoms with van der Waals surface area (Å²) in [5.41, 5.74) is 2.51. The Morgan fingerprint density at radius 2 is 2.17 bits per heavy atom. The van der Waals surface area contributed by atoms with Crippen molar-refractivity contribution in [2.45, 2.75) is 6.92 Å². The molecule has 94 valence electrons. The van der Waals surface area contributed by atoms with E-state index < -0.39 is 0 Å². The monoisotopic (exact) mass is 307 g/mol. The molecule has 5 heteroatoms. The van der Waals surface area contributed by atoms with Gasteiger partial charge >= 0.3 is 0 Å². The van der Waals surface area contributed by atoms with Gasteiger partial charge in [-0.15, -0.1) is 0 Å². The molecule has 1 aromatic heterocycles. The third-order valence-corrected chi connectivity index (χ3v) is 3.35. The van der Waals surface area contributed by atoms with Crippen LogP contribution in [0.5, 0.6) is 0 Å². The molecule has 0 spiro atoms. The number of aryl methyl sites for hydroxylation is 2. The average Bonchev–Trinajstić information content (AvgIpc) is 2.74. The maximum absolute atomic E-state index is 12.3. The summed E-state index contributed by atoms with van der Waals surface area (Å²) in [5.74, 6) is -0.0691. The molecule has 0 unspecified atom stereocenters. The third-order valence-electron chi connectivity index (χ3n) is 2.86. The van der Waals surface area contributed by atoms with Gasteiger partial charge in [0.25, 0.3) is 5.91 Å². The Hall–Kier alpha value is -1.62. The second-order valence-corrected chi connectivity index (χ2v) is 5.10. The first-order chi connectivity index (χ1) is 8.50. The fraction of sp³-hybridized carbons (Fsp3) is 0.231. The SMILES string of the molecule is Cc1cc(Br)ccc1N(C)C(=O)c1cncn1C. The Morgan fingerprint density at radius 3 is 2.72 bits per heavy atom. The summed E-state index contributed by atoms with van der Waals surface area (Å²) in [4.78, 5) is 17.9. The van der Waals surface area contributed by atoms with Gasteiger partial charge in [-0.05, 0) is 30.7 Å². The number of carbonyl (C=O) groups is 1. The maximum atomic E-state index is 12.3. The van der Waals surface area contributed by atoms with Crippen LogP contribution >= 0.6 is 15.9 Å². The zero-order valence-electron chi connectivity index (χ0n) is 10.5. The molecule has 1 amide bonds. The van der Waals surface area contributed by atoms with Crippen molar-refractivity contribution in [2.24, 2.45) is 7.05 Å². The number of hydrogen-bond donors (Lipinski definition) is 0. The molecule has 0 N–H and O–H groups in total. The van der Waals surface area contributed by atoms with Gasteiger partial charge in [-0.1, -0.05) is 15.9 Å². The molecule has 0 aliphatic carbocycles. The summed E-state index contributed by atoms with van der Waals surface area (Å²) >= 11 is 3.42. The highest BCUT2D eigenvalue weighted by molar-refractivity contribution is 9.10. The molecule has 0 atom stereocenters. The summed E-state index contributed by atoms with van der Waals surface area (Å²) in [6, 6.07) is 5.84. The van der Waals surface area contributed by atoms with Gasteiger partial charge in [-0.2, -0.15) is 0 Å². The lowest BCUT2D eigenvalue weighted by Gasteiger charge is -2.19. The Kier molecular flexibility index (Phi) is 3.52. The van der Waals surface area contributed by atoms with E-state index in [4.69, 9.17) is 0 Å². The zero-order valence-corrected chi connectivity index (χ0v) is 12.1. The molecular weight excluding hydrogens is 294 g/mol. The number of carbonyl (C=O) groups excluding carboxylic acids is 1. The Morgan fingerprint density at radius 1 is 1.44 bits per heavy atom. The smallest absolute Gasteiger partial charge is 0.276 e. The van der Waals surface area contributed by atoms with Crippen molar-refractivity contribution in [3.05, 3.63) is 46.5 Å². The lowest BCUT2D eigenvalue weighted by Crippen LogP contribution is -2.28. The van der Waals surface area contributed by atoms with Crippen LogP contribution in [0.3, 0.4) is 0 Å². The highest BCUT2D eigenvalue weighted by Crippen LogP contribution is 2.24. The highest BCUT2D eigenvalue weighted by Gasteiger charge is 2.17. The molecule has 0 radical (unpaired) electrons. The normalized spacial score (nSPS) is 10.4. The summed E-state index contributed by atoms with van der Waals surface area (Å²) < 4.78 is 2.72. The molecule has 18 heavy (non-hydrogen) atoms. The van der Waals surface area contributed by atoms with E-state index in [0.717, 1.165) is 15.7 Å². The number of anilines is 1. The minimum atomic E-state index is -0.0691. The molecule has 1 aromatic carbocycles. The van der Waals surface area contributed by atoms with Crippen molar-refractivity contribution in [1.29, 1.82) is 0 Å². The number of rotatable bonds is 2.